The van der Waals surface area contributed by atoms with E-state index in [1.165, 1.54) is 12.1 Å². The normalized spacial score (nSPS) is 10.2. The monoisotopic (exact) mass is 315 g/mol. The number of aryl methyl sites for hydroxylation is 3. The van der Waals surface area contributed by atoms with Crippen LogP contribution in [-0.4, -0.2) is 17.5 Å². The molecule has 0 atom stereocenters. The van der Waals surface area contributed by atoms with Gasteiger partial charge in [0.2, 0.25) is 5.75 Å². The fourth-order valence-corrected chi connectivity index (χ4v) is 2.01. The number of hydrogen-bond donors (Lipinski definition) is 0. The van der Waals surface area contributed by atoms with Gasteiger partial charge in [-0.2, -0.15) is 0 Å². The Morgan fingerprint density at radius 1 is 1.04 bits per heavy atom. The van der Waals surface area contributed by atoms with Gasteiger partial charge in [-0.15, -0.1) is 0 Å². The number of nitro groups is 1. The second-order valence-electron chi connectivity index (χ2n) is 5.26. The summed E-state index contributed by atoms with van der Waals surface area (Å²) in [5.41, 5.74) is 2.41. The molecule has 2 aromatic carbocycles. The lowest BCUT2D eigenvalue weighted by molar-refractivity contribution is -0.385. The number of nitrogens with zero attached hydrogens (tertiary/aromatic N) is 1. The van der Waals surface area contributed by atoms with Crippen molar-refractivity contribution in [2.45, 2.75) is 20.8 Å². The molecule has 6 nitrogen and oxygen atoms in total. The van der Waals surface area contributed by atoms with Crippen LogP contribution in [0.25, 0.3) is 0 Å². The molecule has 2 aromatic rings. The highest BCUT2D eigenvalue weighted by Gasteiger charge is 2.18. The number of nitro benzene ring substituents is 1. The minimum absolute atomic E-state index is 0.0791. The van der Waals surface area contributed by atoms with Gasteiger partial charge in [-0.1, -0.05) is 18.2 Å². The van der Waals surface area contributed by atoms with Crippen LogP contribution >= 0.6 is 0 Å². The Bertz CT molecular complexity index is 755. The Hall–Kier alpha value is -2.89. The van der Waals surface area contributed by atoms with Gasteiger partial charge in [0.15, 0.2) is 6.61 Å². The Morgan fingerprint density at radius 2 is 1.65 bits per heavy atom. The fourth-order valence-electron chi connectivity index (χ4n) is 2.01. The average Bonchev–Trinajstić information content (AvgIpc) is 2.48. The molecule has 0 unspecified atom stereocenters. The Morgan fingerprint density at radius 3 is 2.30 bits per heavy atom. The van der Waals surface area contributed by atoms with Crippen LogP contribution in [0, 0.1) is 30.9 Å². The molecule has 0 aliphatic carbocycles. The molecule has 120 valence electrons. The van der Waals surface area contributed by atoms with E-state index in [-0.39, 0.29) is 18.0 Å². The lowest BCUT2D eigenvalue weighted by Crippen LogP contribution is -2.18. The Kier molecular flexibility index (Phi) is 4.95. The highest BCUT2D eigenvalue weighted by molar-refractivity contribution is 5.75. The third kappa shape index (κ3) is 4.29. The highest BCUT2D eigenvalue weighted by atomic mass is 16.6. The van der Waals surface area contributed by atoms with Crippen LogP contribution in [0.15, 0.2) is 36.4 Å². The summed E-state index contributed by atoms with van der Waals surface area (Å²) in [5.74, 6) is -0.190. The molecular formula is C17H17NO5. The van der Waals surface area contributed by atoms with Crippen molar-refractivity contribution in [3.05, 3.63) is 63.2 Å². The molecule has 0 bridgehead atoms. The number of ether oxygens (including phenoxy) is 2. The number of hydrogen-bond acceptors (Lipinski definition) is 5. The molecule has 0 heterocycles. The molecule has 6 heteroatoms. The zero-order chi connectivity index (χ0) is 17.0. The Labute approximate surface area is 133 Å². The molecule has 0 N–H and O–H groups in total. The van der Waals surface area contributed by atoms with Gasteiger partial charge in [-0.25, -0.2) is 4.79 Å². The molecule has 0 aliphatic rings. The van der Waals surface area contributed by atoms with Gasteiger partial charge in [0.1, 0.15) is 5.75 Å². The van der Waals surface area contributed by atoms with Crippen LogP contribution in [0.1, 0.15) is 16.7 Å². The van der Waals surface area contributed by atoms with E-state index in [1.54, 1.807) is 13.0 Å². The molecule has 0 amide bonds. The lowest BCUT2D eigenvalue weighted by atomic mass is 10.1. The summed E-state index contributed by atoms with van der Waals surface area (Å²) < 4.78 is 10.5. The topological polar surface area (TPSA) is 78.7 Å². The van der Waals surface area contributed by atoms with Crippen LogP contribution in [0.5, 0.6) is 11.5 Å². The third-order valence-electron chi connectivity index (χ3n) is 3.22. The van der Waals surface area contributed by atoms with E-state index in [1.807, 2.05) is 32.0 Å². The maximum absolute atomic E-state index is 11.9. The number of carbonyl (C=O) groups excluding carboxylic acids is 1. The smallest absolute Gasteiger partial charge is 0.349 e. The molecule has 2 rings (SSSR count). The van der Waals surface area contributed by atoms with Crippen molar-refractivity contribution in [2.75, 3.05) is 6.61 Å². The van der Waals surface area contributed by atoms with Crippen molar-refractivity contribution in [3.63, 3.8) is 0 Å². The van der Waals surface area contributed by atoms with Crippen molar-refractivity contribution >= 4 is 11.7 Å². The zero-order valence-corrected chi connectivity index (χ0v) is 13.2. The summed E-state index contributed by atoms with van der Waals surface area (Å²) in [6.07, 6.45) is 0. The van der Waals surface area contributed by atoms with E-state index in [4.69, 9.17) is 9.47 Å². The Balaban J connectivity index is 2.07. The van der Waals surface area contributed by atoms with E-state index in [2.05, 4.69) is 0 Å². The number of benzene rings is 2. The second kappa shape index (κ2) is 6.91. The van der Waals surface area contributed by atoms with Gasteiger partial charge in [-0.3, -0.25) is 10.1 Å². The predicted molar refractivity (Wildman–Crippen MR) is 84.9 cm³/mol. The maximum Gasteiger partial charge on any atom is 0.349 e. The molecular weight excluding hydrogens is 298 g/mol. The van der Waals surface area contributed by atoms with Crippen LogP contribution in [0.3, 0.4) is 0 Å². The summed E-state index contributed by atoms with van der Waals surface area (Å²) >= 11 is 0. The summed E-state index contributed by atoms with van der Waals surface area (Å²) in [4.78, 5) is 22.3. The van der Waals surface area contributed by atoms with Crippen molar-refractivity contribution in [2.24, 2.45) is 0 Å². The van der Waals surface area contributed by atoms with E-state index in [0.717, 1.165) is 16.7 Å². The van der Waals surface area contributed by atoms with Gasteiger partial charge in [0.05, 0.1) is 4.92 Å². The molecule has 0 aliphatic heterocycles. The summed E-state index contributed by atoms with van der Waals surface area (Å²) in [6, 6.07) is 10.00. The minimum Gasteiger partial charge on any atom is -0.482 e. The van der Waals surface area contributed by atoms with Crippen LogP contribution in [-0.2, 0) is 4.79 Å². The highest BCUT2D eigenvalue weighted by Crippen LogP contribution is 2.28. The van der Waals surface area contributed by atoms with Crippen molar-refractivity contribution < 1.29 is 19.2 Å². The predicted octanol–water partition coefficient (Wildman–Crippen LogP) is 3.50. The summed E-state index contributed by atoms with van der Waals surface area (Å²) in [7, 11) is 0. The molecule has 0 radical (unpaired) electrons. The summed E-state index contributed by atoms with van der Waals surface area (Å²) in [5, 5.41) is 11.0. The molecule has 0 saturated carbocycles. The van der Waals surface area contributed by atoms with Gasteiger partial charge in [0, 0.05) is 6.07 Å². The molecule has 0 spiro atoms. The van der Waals surface area contributed by atoms with Crippen molar-refractivity contribution in [3.8, 4) is 11.5 Å². The third-order valence-corrected chi connectivity index (χ3v) is 3.22. The van der Waals surface area contributed by atoms with E-state index in [0.29, 0.717) is 5.75 Å². The average molecular weight is 315 g/mol. The zero-order valence-electron chi connectivity index (χ0n) is 13.2. The molecule has 23 heavy (non-hydrogen) atoms. The number of carbonyl (C=O) groups is 1. The first-order valence-corrected chi connectivity index (χ1v) is 7.02. The first-order chi connectivity index (χ1) is 10.9. The number of rotatable bonds is 5. The molecule has 0 fully saturated rings. The van der Waals surface area contributed by atoms with E-state index in [9.17, 15) is 14.9 Å². The maximum atomic E-state index is 11.9. The fraction of sp³-hybridized carbons (Fsp3) is 0.235. The van der Waals surface area contributed by atoms with E-state index >= 15 is 0 Å². The van der Waals surface area contributed by atoms with E-state index < -0.39 is 10.9 Å². The first kappa shape index (κ1) is 16.5. The molecule has 0 saturated heterocycles. The summed E-state index contributed by atoms with van der Waals surface area (Å²) in [6.45, 7) is 5.22. The molecule has 0 aromatic heterocycles. The SMILES string of the molecule is Cc1ccc(C)c(OCC(=O)Oc2cc(C)ccc2[N+](=O)[O-])c1. The second-order valence-corrected chi connectivity index (χ2v) is 5.26. The lowest BCUT2D eigenvalue weighted by Gasteiger charge is -2.10. The van der Waals surface area contributed by atoms with Crippen molar-refractivity contribution in [1.82, 2.24) is 0 Å². The standard InChI is InChI=1S/C17H17NO5/c1-11-4-6-13(3)15(8-11)22-10-17(19)23-16-9-12(2)5-7-14(16)18(20)21/h4-9H,10H2,1-3H3. The number of esters is 1. The largest absolute Gasteiger partial charge is 0.482 e. The van der Waals surface area contributed by atoms with Gasteiger partial charge in [0.25, 0.3) is 0 Å². The van der Waals surface area contributed by atoms with Crippen LogP contribution < -0.4 is 9.47 Å². The minimum atomic E-state index is -0.695. The van der Waals surface area contributed by atoms with Gasteiger partial charge >= 0.3 is 11.7 Å². The van der Waals surface area contributed by atoms with Gasteiger partial charge in [-0.05, 0) is 49.6 Å². The van der Waals surface area contributed by atoms with Crippen molar-refractivity contribution in [1.29, 1.82) is 0 Å². The van der Waals surface area contributed by atoms with Crippen LogP contribution in [0.2, 0.25) is 0 Å². The van der Waals surface area contributed by atoms with Gasteiger partial charge < -0.3 is 9.47 Å². The quantitative estimate of drug-likeness (QED) is 0.365. The van der Waals surface area contributed by atoms with Crippen LogP contribution in [0.4, 0.5) is 5.69 Å². The first-order valence-electron chi connectivity index (χ1n) is 7.02.